The highest BCUT2D eigenvalue weighted by atomic mass is 31.1. The largest absolute Gasteiger partial charge is 0.488 e. The maximum absolute atomic E-state index is 10.2. The van der Waals surface area contributed by atoms with Gasteiger partial charge in [0.1, 0.15) is 12.4 Å². The van der Waals surface area contributed by atoms with Crippen LogP contribution in [0.25, 0.3) is 0 Å². The normalized spacial score (nSPS) is 12.5. The van der Waals surface area contributed by atoms with E-state index in [1.807, 2.05) is 25.1 Å². The van der Waals surface area contributed by atoms with Crippen LogP contribution in [0.2, 0.25) is 0 Å². The Labute approximate surface area is 157 Å². The number of aliphatic hydroxyl groups is 1. The Bertz CT molecular complexity index is 873. The van der Waals surface area contributed by atoms with Gasteiger partial charge in [0.05, 0.1) is 6.10 Å². The van der Waals surface area contributed by atoms with Crippen molar-refractivity contribution in [2.24, 2.45) is 0 Å². The summed E-state index contributed by atoms with van der Waals surface area (Å²) in [5, 5.41) is 12.5. The topological polar surface area (TPSA) is 29.5 Å². The number of rotatable bonds is 6. The van der Waals surface area contributed by atoms with Gasteiger partial charge >= 0.3 is 0 Å². The molecule has 3 heteroatoms. The molecule has 0 aliphatic rings. The first kappa shape index (κ1) is 18.6. The molecule has 3 aromatic rings. The molecule has 3 aromatic carbocycles. The third kappa shape index (κ3) is 4.72. The molecule has 0 heterocycles. The van der Waals surface area contributed by atoms with Crippen molar-refractivity contribution in [3.05, 3.63) is 89.0 Å². The van der Waals surface area contributed by atoms with Crippen LogP contribution in [-0.2, 0) is 6.61 Å². The van der Waals surface area contributed by atoms with Gasteiger partial charge in [-0.05, 0) is 49.3 Å². The Kier molecular flexibility index (Phi) is 6.08. The van der Waals surface area contributed by atoms with Crippen molar-refractivity contribution >= 4 is 19.2 Å². The summed E-state index contributed by atoms with van der Waals surface area (Å²) in [5.41, 5.74) is 4.53. The molecule has 26 heavy (non-hydrogen) atoms. The Morgan fingerprint density at radius 2 is 1.58 bits per heavy atom. The summed E-state index contributed by atoms with van der Waals surface area (Å²) in [7, 11) is 0.442. The summed E-state index contributed by atoms with van der Waals surface area (Å²) < 4.78 is 6.12. The standard InChI is InChI=1S/C23H25O2P/c1-16-10-12-22(20(13-16)18(3)24)26-23-14-17(2)9-11-21(23)25-15-19-7-5-4-6-8-19/h4-14,18,24,26H,15H2,1-3H3. The maximum atomic E-state index is 10.2. The molecule has 2 unspecified atom stereocenters. The van der Waals surface area contributed by atoms with Gasteiger partial charge in [-0.3, -0.25) is 0 Å². The monoisotopic (exact) mass is 364 g/mol. The quantitative estimate of drug-likeness (QED) is 0.650. The van der Waals surface area contributed by atoms with Gasteiger partial charge in [0.15, 0.2) is 0 Å². The van der Waals surface area contributed by atoms with Crippen molar-refractivity contribution in [2.45, 2.75) is 33.5 Å². The lowest BCUT2D eigenvalue weighted by atomic mass is 10.1. The number of hydrogen-bond donors (Lipinski definition) is 1. The zero-order valence-corrected chi connectivity index (χ0v) is 16.5. The fraction of sp³-hybridized carbons (Fsp3) is 0.217. The molecule has 0 aliphatic heterocycles. The molecule has 3 rings (SSSR count). The van der Waals surface area contributed by atoms with E-state index in [1.165, 1.54) is 21.7 Å². The van der Waals surface area contributed by atoms with Crippen LogP contribution < -0.4 is 15.3 Å². The summed E-state index contributed by atoms with van der Waals surface area (Å²) >= 11 is 0. The van der Waals surface area contributed by atoms with Crippen LogP contribution in [0.3, 0.4) is 0 Å². The fourth-order valence-electron chi connectivity index (χ4n) is 2.89. The van der Waals surface area contributed by atoms with E-state index >= 15 is 0 Å². The van der Waals surface area contributed by atoms with Crippen LogP contribution in [0.1, 0.15) is 35.3 Å². The smallest absolute Gasteiger partial charge is 0.127 e. The predicted molar refractivity (Wildman–Crippen MR) is 111 cm³/mol. The van der Waals surface area contributed by atoms with Crippen LogP contribution in [0.15, 0.2) is 66.7 Å². The minimum absolute atomic E-state index is 0.442. The molecule has 0 amide bonds. The van der Waals surface area contributed by atoms with Gasteiger partial charge in [-0.2, -0.15) is 0 Å². The Balaban J connectivity index is 1.87. The van der Waals surface area contributed by atoms with E-state index in [1.54, 1.807) is 0 Å². The molecule has 0 fully saturated rings. The zero-order valence-electron chi connectivity index (χ0n) is 15.5. The number of aliphatic hydroxyl groups excluding tert-OH is 1. The second kappa shape index (κ2) is 8.49. The number of ether oxygens (including phenoxy) is 1. The van der Waals surface area contributed by atoms with E-state index in [2.05, 4.69) is 62.4 Å². The molecule has 1 N–H and O–H groups in total. The average molecular weight is 364 g/mol. The van der Waals surface area contributed by atoms with E-state index in [-0.39, 0.29) is 0 Å². The highest BCUT2D eigenvalue weighted by Crippen LogP contribution is 2.25. The summed E-state index contributed by atoms with van der Waals surface area (Å²) in [6, 6.07) is 22.8. The first-order chi connectivity index (χ1) is 12.5. The lowest BCUT2D eigenvalue weighted by Gasteiger charge is -2.16. The maximum Gasteiger partial charge on any atom is 0.127 e. The molecule has 134 valence electrons. The van der Waals surface area contributed by atoms with Gasteiger partial charge in [-0.1, -0.05) is 74.3 Å². The van der Waals surface area contributed by atoms with E-state index in [9.17, 15) is 5.11 Å². The van der Waals surface area contributed by atoms with E-state index < -0.39 is 6.10 Å². The molecule has 2 atom stereocenters. The Morgan fingerprint density at radius 3 is 2.31 bits per heavy atom. The van der Waals surface area contributed by atoms with Crippen molar-refractivity contribution in [1.29, 1.82) is 0 Å². The number of aryl methyl sites for hydroxylation is 2. The molecule has 0 aromatic heterocycles. The number of hydrogen-bond acceptors (Lipinski definition) is 2. The van der Waals surface area contributed by atoms with Crippen LogP contribution in [0.4, 0.5) is 0 Å². The van der Waals surface area contributed by atoms with Gasteiger partial charge in [0, 0.05) is 5.30 Å². The van der Waals surface area contributed by atoms with Gasteiger partial charge in [0.25, 0.3) is 0 Å². The Morgan fingerprint density at radius 1 is 0.885 bits per heavy atom. The highest BCUT2D eigenvalue weighted by Gasteiger charge is 2.12. The molecule has 0 bridgehead atoms. The third-order valence-corrected chi connectivity index (χ3v) is 5.68. The minimum atomic E-state index is -0.476. The van der Waals surface area contributed by atoms with E-state index in [4.69, 9.17) is 4.74 Å². The molecule has 0 aliphatic carbocycles. The molecular formula is C23H25O2P. The molecule has 0 saturated carbocycles. The van der Waals surface area contributed by atoms with Crippen molar-refractivity contribution < 1.29 is 9.84 Å². The predicted octanol–water partition coefficient (Wildman–Crippen LogP) is 4.57. The van der Waals surface area contributed by atoms with E-state index in [0.29, 0.717) is 15.2 Å². The van der Waals surface area contributed by atoms with Crippen molar-refractivity contribution in [1.82, 2.24) is 0 Å². The van der Waals surface area contributed by atoms with Gasteiger partial charge in [-0.15, -0.1) is 0 Å². The van der Waals surface area contributed by atoms with Crippen LogP contribution in [0, 0.1) is 13.8 Å². The van der Waals surface area contributed by atoms with Gasteiger partial charge < -0.3 is 9.84 Å². The van der Waals surface area contributed by atoms with Gasteiger partial charge in [-0.25, -0.2) is 0 Å². The molecule has 0 saturated heterocycles. The SMILES string of the molecule is Cc1ccc(OCc2ccccc2)c(Pc2ccc(C)cc2C(C)O)c1. The Hall–Kier alpha value is -2.15. The summed E-state index contributed by atoms with van der Waals surface area (Å²) in [6.45, 7) is 6.53. The van der Waals surface area contributed by atoms with Crippen molar-refractivity contribution in [3.8, 4) is 5.75 Å². The molecule has 2 nitrogen and oxygen atoms in total. The average Bonchev–Trinajstić information content (AvgIpc) is 2.63. The van der Waals surface area contributed by atoms with Gasteiger partial charge in [0.2, 0.25) is 0 Å². The van der Waals surface area contributed by atoms with E-state index in [0.717, 1.165) is 16.9 Å². The number of benzene rings is 3. The van der Waals surface area contributed by atoms with Crippen molar-refractivity contribution in [2.75, 3.05) is 0 Å². The lowest BCUT2D eigenvalue weighted by Crippen LogP contribution is -2.14. The molecule has 0 radical (unpaired) electrons. The first-order valence-electron chi connectivity index (χ1n) is 8.86. The zero-order chi connectivity index (χ0) is 18.5. The minimum Gasteiger partial charge on any atom is -0.488 e. The highest BCUT2D eigenvalue weighted by molar-refractivity contribution is 7.55. The second-order valence-electron chi connectivity index (χ2n) is 6.67. The fourth-order valence-corrected chi connectivity index (χ4v) is 4.35. The summed E-state index contributed by atoms with van der Waals surface area (Å²) in [5.74, 6) is 0.912. The second-order valence-corrected chi connectivity index (χ2v) is 7.99. The third-order valence-electron chi connectivity index (χ3n) is 4.30. The van der Waals surface area contributed by atoms with Crippen LogP contribution in [-0.4, -0.2) is 5.11 Å². The molecular weight excluding hydrogens is 339 g/mol. The summed E-state index contributed by atoms with van der Waals surface area (Å²) in [4.78, 5) is 0. The summed E-state index contributed by atoms with van der Waals surface area (Å²) in [6.07, 6.45) is -0.476. The van der Waals surface area contributed by atoms with Crippen molar-refractivity contribution in [3.63, 3.8) is 0 Å². The van der Waals surface area contributed by atoms with Crippen LogP contribution >= 0.6 is 8.58 Å². The van der Waals surface area contributed by atoms with Crippen LogP contribution in [0.5, 0.6) is 5.75 Å². The lowest BCUT2D eigenvalue weighted by molar-refractivity contribution is 0.200. The molecule has 0 spiro atoms. The first-order valence-corrected chi connectivity index (χ1v) is 9.86.